The summed E-state index contributed by atoms with van der Waals surface area (Å²) < 4.78 is 0. The van der Waals surface area contributed by atoms with Crippen LogP contribution in [0.5, 0.6) is 0 Å². The van der Waals surface area contributed by atoms with Crippen LogP contribution in [0.1, 0.15) is 25.0 Å². The first-order valence-electron chi connectivity index (χ1n) is 5.52. The first-order chi connectivity index (χ1) is 7.22. The van der Waals surface area contributed by atoms with Crippen molar-refractivity contribution in [2.75, 3.05) is 0 Å². The molecular formula is C14H17N. The molecule has 1 unspecified atom stereocenters. The van der Waals surface area contributed by atoms with E-state index in [1.54, 1.807) is 0 Å². The molecule has 0 spiro atoms. The van der Waals surface area contributed by atoms with Gasteiger partial charge in [0, 0.05) is 12.1 Å². The van der Waals surface area contributed by atoms with Crippen LogP contribution in [0, 0.1) is 18.4 Å². The van der Waals surface area contributed by atoms with Gasteiger partial charge in [0.25, 0.3) is 0 Å². The molecule has 0 saturated heterocycles. The molecule has 0 N–H and O–H groups in total. The number of rotatable bonds is 1. The molecule has 1 heteroatoms. The predicted octanol–water partition coefficient (Wildman–Crippen LogP) is 2.66. The fraction of sp³-hybridized carbons (Fsp3) is 0.429. The topological polar surface area (TPSA) is 3.24 Å². The monoisotopic (exact) mass is 199 g/mol. The normalized spacial score (nSPS) is 19.9. The summed E-state index contributed by atoms with van der Waals surface area (Å²) in [7, 11) is 0. The largest absolute Gasteiger partial charge is 0.325 e. The van der Waals surface area contributed by atoms with E-state index in [2.05, 4.69) is 49.1 Å². The first kappa shape index (κ1) is 10.1. The van der Waals surface area contributed by atoms with Gasteiger partial charge < -0.3 is 4.90 Å². The average Bonchev–Trinajstić information content (AvgIpc) is 2.27. The van der Waals surface area contributed by atoms with Crippen molar-refractivity contribution in [3.05, 3.63) is 35.4 Å². The van der Waals surface area contributed by atoms with Crippen molar-refractivity contribution < 1.29 is 0 Å². The van der Waals surface area contributed by atoms with E-state index in [0.717, 1.165) is 13.0 Å². The lowest BCUT2D eigenvalue weighted by atomic mass is 9.88. The lowest BCUT2D eigenvalue weighted by Crippen LogP contribution is -2.40. The van der Waals surface area contributed by atoms with Crippen molar-refractivity contribution in [1.29, 1.82) is 0 Å². The Morgan fingerprint density at radius 3 is 2.60 bits per heavy atom. The molecule has 78 valence electrons. The molecule has 1 aromatic carbocycles. The van der Waals surface area contributed by atoms with E-state index in [4.69, 9.17) is 6.42 Å². The van der Waals surface area contributed by atoms with E-state index in [-0.39, 0.29) is 0 Å². The van der Waals surface area contributed by atoms with Crippen LogP contribution < -0.4 is 0 Å². The van der Waals surface area contributed by atoms with Crippen molar-refractivity contribution >= 4 is 0 Å². The van der Waals surface area contributed by atoms with Gasteiger partial charge in [-0.1, -0.05) is 44.5 Å². The van der Waals surface area contributed by atoms with E-state index >= 15 is 0 Å². The van der Waals surface area contributed by atoms with E-state index < -0.39 is 0 Å². The van der Waals surface area contributed by atoms with Crippen molar-refractivity contribution in [2.24, 2.45) is 5.92 Å². The van der Waals surface area contributed by atoms with Gasteiger partial charge in [-0.2, -0.15) is 0 Å². The number of terminal acetylenes is 1. The van der Waals surface area contributed by atoms with Gasteiger partial charge in [0.15, 0.2) is 0 Å². The van der Waals surface area contributed by atoms with Gasteiger partial charge in [0.2, 0.25) is 0 Å². The predicted molar refractivity (Wildman–Crippen MR) is 63.1 cm³/mol. The Bertz CT molecular complexity index is 387. The number of hydrogen-bond acceptors (Lipinski definition) is 1. The van der Waals surface area contributed by atoms with E-state index in [1.165, 1.54) is 11.1 Å². The Kier molecular flexibility index (Phi) is 2.68. The van der Waals surface area contributed by atoms with Crippen LogP contribution in [0.2, 0.25) is 0 Å². The highest BCUT2D eigenvalue weighted by Gasteiger charge is 2.26. The number of hydrogen-bond donors (Lipinski definition) is 0. The van der Waals surface area contributed by atoms with Gasteiger partial charge in [0.05, 0.1) is 6.54 Å². The molecule has 1 aliphatic heterocycles. The van der Waals surface area contributed by atoms with Crippen molar-refractivity contribution in [3.63, 3.8) is 0 Å². The van der Waals surface area contributed by atoms with E-state index in [0.29, 0.717) is 12.0 Å². The highest BCUT2D eigenvalue weighted by molar-refractivity contribution is 5.31. The maximum Gasteiger partial charge on any atom is 0.0517 e. The van der Waals surface area contributed by atoms with E-state index in [9.17, 15) is 0 Å². The minimum atomic E-state index is 0.491. The summed E-state index contributed by atoms with van der Waals surface area (Å²) in [6, 6.07) is 11.9. The highest BCUT2D eigenvalue weighted by Crippen LogP contribution is 2.26. The highest BCUT2D eigenvalue weighted by atomic mass is 15.1. The Morgan fingerprint density at radius 1 is 1.33 bits per heavy atom. The molecule has 0 amide bonds. The minimum Gasteiger partial charge on any atom is -0.325 e. The summed E-state index contributed by atoms with van der Waals surface area (Å²) in [6.45, 7) is 5.38. The zero-order chi connectivity index (χ0) is 10.8. The summed E-state index contributed by atoms with van der Waals surface area (Å²) in [5.74, 6) is 0.606. The molecule has 1 nitrogen and oxygen atoms in total. The molecule has 1 atom stereocenters. The van der Waals surface area contributed by atoms with Gasteiger partial charge >= 0.3 is 0 Å². The minimum absolute atomic E-state index is 0.491. The van der Waals surface area contributed by atoms with Crippen LogP contribution in [0.3, 0.4) is 0 Å². The molecule has 15 heavy (non-hydrogen) atoms. The van der Waals surface area contributed by atoms with Crippen molar-refractivity contribution in [2.45, 2.75) is 32.9 Å². The first-order valence-corrected chi connectivity index (χ1v) is 5.52. The average molecular weight is 199 g/mol. The molecule has 0 bridgehead atoms. The Labute approximate surface area is 92.1 Å². The van der Waals surface area contributed by atoms with Crippen LogP contribution in [0.15, 0.2) is 24.3 Å². The lowest BCUT2D eigenvalue weighted by molar-refractivity contribution is 0.210. The quantitative estimate of drug-likeness (QED) is 0.628. The van der Waals surface area contributed by atoms with Gasteiger partial charge in [-0.15, -0.1) is 0 Å². The number of fused-ring (bicyclic) bond motifs is 1. The number of benzene rings is 1. The second kappa shape index (κ2) is 3.98. The summed E-state index contributed by atoms with van der Waals surface area (Å²) in [5, 5.41) is 0. The lowest BCUT2D eigenvalue weighted by Gasteiger charge is -2.36. The molecular weight excluding hydrogens is 182 g/mol. The summed E-state index contributed by atoms with van der Waals surface area (Å²) in [6.07, 6.45) is 6.65. The van der Waals surface area contributed by atoms with Crippen LogP contribution in [-0.2, 0) is 13.0 Å². The summed E-state index contributed by atoms with van der Waals surface area (Å²) >= 11 is 0. The molecule has 0 radical (unpaired) electrons. The second-order valence-corrected chi connectivity index (χ2v) is 4.54. The molecule has 2 rings (SSSR count). The van der Waals surface area contributed by atoms with Crippen molar-refractivity contribution in [3.8, 4) is 12.5 Å². The zero-order valence-corrected chi connectivity index (χ0v) is 9.40. The van der Waals surface area contributed by atoms with E-state index in [1.807, 2.05) is 0 Å². The molecule has 0 fully saturated rings. The fourth-order valence-corrected chi connectivity index (χ4v) is 2.28. The molecule has 1 heterocycles. The standard InChI is InChI=1S/C14H17N/c1-4-15-10-13-8-6-5-7-12(13)9-14(15)11(2)3/h1,5-8,11,14H,9-10H2,2-3H3. The maximum absolute atomic E-state index is 5.56. The smallest absolute Gasteiger partial charge is 0.0517 e. The fourth-order valence-electron chi connectivity index (χ4n) is 2.28. The molecule has 1 aliphatic rings. The van der Waals surface area contributed by atoms with Crippen molar-refractivity contribution in [1.82, 2.24) is 4.90 Å². The molecule has 0 saturated carbocycles. The third-order valence-electron chi connectivity index (χ3n) is 3.22. The summed E-state index contributed by atoms with van der Waals surface area (Å²) in [4.78, 5) is 2.13. The van der Waals surface area contributed by atoms with Crippen LogP contribution >= 0.6 is 0 Å². The van der Waals surface area contributed by atoms with Crippen LogP contribution in [0.25, 0.3) is 0 Å². The van der Waals surface area contributed by atoms with Gasteiger partial charge in [-0.05, 0) is 23.5 Å². The second-order valence-electron chi connectivity index (χ2n) is 4.54. The zero-order valence-electron chi connectivity index (χ0n) is 9.40. The Hall–Kier alpha value is -1.42. The number of nitrogens with zero attached hydrogens (tertiary/aromatic N) is 1. The Morgan fingerprint density at radius 2 is 2.00 bits per heavy atom. The van der Waals surface area contributed by atoms with Gasteiger partial charge in [-0.3, -0.25) is 0 Å². The van der Waals surface area contributed by atoms with Crippen LogP contribution in [-0.4, -0.2) is 10.9 Å². The van der Waals surface area contributed by atoms with Crippen LogP contribution in [0.4, 0.5) is 0 Å². The third-order valence-corrected chi connectivity index (χ3v) is 3.22. The maximum atomic E-state index is 5.56. The van der Waals surface area contributed by atoms with Gasteiger partial charge in [0.1, 0.15) is 0 Å². The molecule has 0 aliphatic carbocycles. The van der Waals surface area contributed by atoms with Gasteiger partial charge in [-0.25, -0.2) is 0 Å². The molecule has 1 aromatic rings. The SMILES string of the molecule is C#CN1Cc2ccccc2CC1C(C)C. The summed E-state index contributed by atoms with van der Waals surface area (Å²) in [5.41, 5.74) is 2.84. The Balaban J connectivity index is 2.32. The third kappa shape index (κ3) is 1.85. The molecule has 0 aromatic heterocycles.